The monoisotopic (exact) mass is 353 g/mol. The van der Waals surface area contributed by atoms with Crippen LogP contribution in [0.5, 0.6) is 0 Å². The van der Waals surface area contributed by atoms with Gasteiger partial charge in [0.2, 0.25) is 0 Å². The fourth-order valence-corrected chi connectivity index (χ4v) is 5.86. The third-order valence-corrected chi connectivity index (χ3v) is 6.72. The van der Waals surface area contributed by atoms with Crippen LogP contribution in [0.1, 0.15) is 45.6 Å². The number of nitrogens with zero attached hydrogens (tertiary/aromatic N) is 1. The second-order valence-electron chi connectivity index (χ2n) is 8.02. The second-order valence-corrected chi connectivity index (χ2v) is 10.1. The zero-order chi connectivity index (χ0) is 16.0. The van der Waals surface area contributed by atoms with Crippen LogP contribution < -0.4 is 0 Å². The van der Waals surface area contributed by atoms with Crippen LogP contribution in [0.4, 0.5) is 0 Å². The fraction of sp³-hybridized carbons (Fsp3) is 0.611. The lowest BCUT2D eigenvalue weighted by Gasteiger charge is -2.39. The predicted octanol–water partition coefficient (Wildman–Crippen LogP) is 5.76. The molecule has 2 unspecified atom stereocenters. The Bertz CT molecular complexity index is 569. The van der Waals surface area contributed by atoms with Crippen LogP contribution in [0.25, 0.3) is 0 Å². The Balaban J connectivity index is 1.62. The predicted molar refractivity (Wildman–Crippen MR) is 102 cm³/mol. The molecule has 1 heterocycles. The van der Waals surface area contributed by atoms with Crippen molar-refractivity contribution < 1.29 is 0 Å². The van der Waals surface area contributed by atoms with Gasteiger partial charge in [-0.3, -0.25) is 0 Å². The van der Waals surface area contributed by atoms with E-state index in [-0.39, 0.29) is 0 Å². The number of fused-ring (bicyclic) bond motifs is 2. The van der Waals surface area contributed by atoms with E-state index in [1.165, 1.54) is 24.8 Å². The van der Waals surface area contributed by atoms with Crippen molar-refractivity contribution >= 4 is 39.9 Å². The normalized spacial score (nSPS) is 29.6. The SMILES string of the molecule is CC1(C)CC2CC(C)(CN2C(=S)SCc2ccc(Cl)cc2)C1. The summed E-state index contributed by atoms with van der Waals surface area (Å²) in [6, 6.07) is 8.72. The first kappa shape index (κ1) is 16.6. The molecule has 3 rings (SSSR count). The van der Waals surface area contributed by atoms with Gasteiger partial charge in [-0.05, 0) is 47.8 Å². The highest BCUT2D eigenvalue weighted by atomic mass is 35.5. The number of thiocarbonyl (C=S) groups is 1. The van der Waals surface area contributed by atoms with Crippen LogP contribution in [-0.4, -0.2) is 21.8 Å². The number of likely N-dealkylation sites (tertiary alicyclic amines) is 1. The standard InChI is InChI=1S/C18H24ClNS2/c1-17(2)8-15-9-18(3,11-17)12-20(15)16(21)22-10-13-4-6-14(19)7-5-13/h4-7,15H,8-12H2,1-3H3. The lowest BCUT2D eigenvalue weighted by molar-refractivity contribution is 0.133. The van der Waals surface area contributed by atoms with Gasteiger partial charge in [0, 0.05) is 23.4 Å². The number of halogens is 1. The zero-order valence-electron chi connectivity index (χ0n) is 13.6. The molecule has 1 aromatic carbocycles. The molecule has 1 nitrogen and oxygen atoms in total. The third-order valence-electron chi connectivity index (χ3n) is 4.92. The van der Waals surface area contributed by atoms with Gasteiger partial charge in [-0.1, -0.05) is 68.5 Å². The van der Waals surface area contributed by atoms with Gasteiger partial charge in [-0.2, -0.15) is 0 Å². The van der Waals surface area contributed by atoms with E-state index in [9.17, 15) is 0 Å². The molecule has 2 fully saturated rings. The Morgan fingerprint density at radius 2 is 1.95 bits per heavy atom. The van der Waals surface area contributed by atoms with Crippen LogP contribution >= 0.6 is 35.6 Å². The lowest BCUT2D eigenvalue weighted by atomic mass is 9.65. The molecule has 2 aliphatic rings. The highest BCUT2D eigenvalue weighted by Gasteiger charge is 2.50. The number of hydrogen-bond acceptors (Lipinski definition) is 2. The molecule has 2 atom stereocenters. The molecule has 0 radical (unpaired) electrons. The van der Waals surface area contributed by atoms with Gasteiger partial charge >= 0.3 is 0 Å². The van der Waals surface area contributed by atoms with Crippen LogP contribution in [0, 0.1) is 10.8 Å². The zero-order valence-corrected chi connectivity index (χ0v) is 16.0. The summed E-state index contributed by atoms with van der Waals surface area (Å²) in [6.07, 6.45) is 3.89. The molecule has 0 spiro atoms. The van der Waals surface area contributed by atoms with Crippen molar-refractivity contribution in [3.63, 3.8) is 0 Å². The maximum atomic E-state index is 5.94. The Labute approximate surface area is 148 Å². The molecule has 0 N–H and O–H groups in total. The summed E-state index contributed by atoms with van der Waals surface area (Å²) in [7, 11) is 0. The summed E-state index contributed by atoms with van der Waals surface area (Å²) in [5.74, 6) is 0.930. The van der Waals surface area contributed by atoms with Gasteiger partial charge < -0.3 is 4.90 Å². The highest BCUT2D eigenvalue weighted by molar-refractivity contribution is 8.22. The van der Waals surface area contributed by atoms with E-state index in [4.69, 9.17) is 23.8 Å². The Morgan fingerprint density at radius 3 is 2.64 bits per heavy atom. The molecule has 0 aromatic heterocycles. The Hall–Kier alpha value is -0.250. The second kappa shape index (κ2) is 5.99. The average Bonchev–Trinajstić information content (AvgIpc) is 2.67. The average molecular weight is 354 g/mol. The van der Waals surface area contributed by atoms with Crippen molar-refractivity contribution in [3.8, 4) is 0 Å². The van der Waals surface area contributed by atoms with Gasteiger partial charge in [-0.15, -0.1) is 0 Å². The highest BCUT2D eigenvalue weighted by Crippen LogP contribution is 2.53. The van der Waals surface area contributed by atoms with E-state index in [1.807, 2.05) is 12.1 Å². The lowest BCUT2D eigenvalue weighted by Crippen LogP contribution is -2.36. The maximum Gasteiger partial charge on any atom is 0.136 e. The van der Waals surface area contributed by atoms with Crippen molar-refractivity contribution in [1.82, 2.24) is 4.90 Å². The molecule has 1 saturated carbocycles. The van der Waals surface area contributed by atoms with E-state index in [1.54, 1.807) is 11.8 Å². The van der Waals surface area contributed by atoms with Crippen molar-refractivity contribution in [3.05, 3.63) is 34.9 Å². The molecule has 2 bridgehead atoms. The molecule has 1 aliphatic heterocycles. The summed E-state index contributed by atoms with van der Waals surface area (Å²) < 4.78 is 1.07. The van der Waals surface area contributed by atoms with Gasteiger partial charge in [-0.25, -0.2) is 0 Å². The van der Waals surface area contributed by atoms with E-state index in [0.717, 1.165) is 21.6 Å². The molecule has 4 heteroatoms. The Morgan fingerprint density at radius 1 is 1.27 bits per heavy atom. The van der Waals surface area contributed by atoms with Gasteiger partial charge in [0.1, 0.15) is 4.32 Å². The van der Waals surface area contributed by atoms with Crippen LogP contribution in [0.15, 0.2) is 24.3 Å². The first-order chi connectivity index (χ1) is 10.3. The van der Waals surface area contributed by atoms with Crippen molar-refractivity contribution in [2.45, 2.75) is 51.8 Å². The molecule has 0 amide bonds. The quantitative estimate of drug-likeness (QED) is 0.622. The molecule has 1 aromatic rings. The van der Waals surface area contributed by atoms with E-state index in [2.05, 4.69) is 37.8 Å². The number of thioether (sulfide) groups is 1. The van der Waals surface area contributed by atoms with Crippen LogP contribution in [0.3, 0.4) is 0 Å². The maximum absolute atomic E-state index is 5.94. The minimum absolute atomic E-state index is 0.442. The van der Waals surface area contributed by atoms with E-state index in [0.29, 0.717) is 16.9 Å². The van der Waals surface area contributed by atoms with Gasteiger partial charge in [0.15, 0.2) is 0 Å². The largest absolute Gasteiger partial charge is 0.354 e. The first-order valence-corrected chi connectivity index (χ1v) is 9.71. The summed E-state index contributed by atoms with van der Waals surface area (Å²) >= 11 is 13.5. The summed E-state index contributed by atoms with van der Waals surface area (Å²) in [6.45, 7) is 8.39. The number of hydrogen-bond donors (Lipinski definition) is 0. The first-order valence-electron chi connectivity index (χ1n) is 7.94. The third kappa shape index (κ3) is 3.63. The van der Waals surface area contributed by atoms with Gasteiger partial charge in [0.25, 0.3) is 0 Å². The summed E-state index contributed by atoms with van der Waals surface area (Å²) in [5.41, 5.74) is 2.17. The van der Waals surface area contributed by atoms with Crippen LogP contribution in [-0.2, 0) is 5.75 Å². The summed E-state index contributed by atoms with van der Waals surface area (Å²) in [5, 5.41) is 0.792. The van der Waals surface area contributed by atoms with Gasteiger partial charge in [0.05, 0.1) is 0 Å². The van der Waals surface area contributed by atoms with Crippen molar-refractivity contribution in [2.75, 3.05) is 6.54 Å². The Kier molecular flexibility index (Phi) is 4.52. The molecule has 22 heavy (non-hydrogen) atoms. The van der Waals surface area contributed by atoms with Crippen molar-refractivity contribution in [2.24, 2.45) is 10.8 Å². The van der Waals surface area contributed by atoms with Crippen molar-refractivity contribution in [1.29, 1.82) is 0 Å². The minimum atomic E-state index is 0.442. The smallest absolute Gasteiger partial charge is 0.136 e. The fourth-order valence-electron chi connectivity index (χ4n) is 4.48. The molecular weight excluding hydrogens is 330 g/mol. The molecule has 1 aliphatic carbocycles. The summed E-state index contributed by atoms with van der Waals surface area (Å²) in [4.78, 5) is 2.50. The minimum Gasteiger partial charge on any atom is -0.354 e. The van der Waals surface area contributed by atoms with E-state index < -0.39 is 0 Å². The molecule has 1 saturated heterocycles. The number of rotatable bonds is 2. The van der Waals surface area contributed by atoms with Crippen LogP contribution in [0.2, 0.25) is 5.02 Å². The topological polar surface area (TPSA) is 3.24 Å². The van der Waals surface area contributed by atoms with E-state index >= 15 is 0 Å². The number of benzene rings is 1. The molecular formula is C18H24ClNS2. The molecule has 120 valence electrons.